The number of carbonyl (C=O) groups excluding carboxylic acids is 3. The molecule has 1 aliphatic rings. The summed E-state index contributed by atoms with van der Waals surface area (Å²) in [6.45, 7) is 0.130. The molecular weight excluding hydrogens is 200 g/mol. The minimum absolute atomic E-state index is 0.119. The first-order chi connectivity index (χ1) is 7.13. The zero-order valence-electron chi connectivity index (χ0n) is 8.21. The Bertz CT molecular complexity index is 275. The molecule has 84 valence electrons. The second kappa shape index (κ2) is 5.30. The summed E-state index contributed by atoms with van der Waals surface area (Å²) in [7, 11) is 0. The van der Waals surface area contributed by atoms with Crippen LogP contribution in [0.1, 0.15) is 19.3 Å². The Labute approximate surface area is 86.7 Å². The van der Waals surface area contributed by atoms with Gasteiger partial charge >= 0.3 is 11.8 Å². The van der Waals surface area contributed by atoms with Crippen molar-refractivity contribution in [1.29, 1.82) is 0 Å². The SMILES string of the molecule is NNC(=O)C(=O)NCCC(=O)NC1CC1. The van der Waals surface area contributed by atoms with E-state index in [0.717, 1.165) is 12.8 Å². The van der Waals surface area contributed by atoms with E-state index in [0.29, 0.717) is 6.04 Å². The number of hydrogen-bond acceptors (Lipinski definition) is 4. The van der Waals surface area contributed by atoms with E-state index in [2.05, 4.69) is 10.6 Å². The molecule has 3 amide bonds. The maximum Gasteiger partial charge on any atom is 0.323 e. The lowest BCUT2D eigenvalue weighted by Crippen LogP contribution is -2.44. The first kappa shape index (κ1) is 11.4. The summed E-state index contributed by atoms with van der Waals surface area (Å²) < 4.78 is 0. The van der Waals surface area contributed by atoms with Crippen molar-refractivity contribution < 1.29 is 14.4 Å². The molecule has 1 saturated carbocycles. The summed E-state index contributed by atoms with van der Waals surface area (Å²) in [5, 5.41) is 5.02. The molecule has 0 atom stereocenters. The summed E-state index contributed by atoms with van der Waals surface area (Å²) >= 11 is 0. The van der Waals surface area contributed by atoms with Gasteiger partial charge in [-0.2, -0.15) is 0 Å². The van der Waals surface area contributed by atoms with Crippen molar-refractivity contribution in [2.45, 2.75) is 25.3 Å². The van der Waals surface area contributed by atoms with Gasteiger partial charge in [0.15, 0.2) is 0 Å². The molecule has 15 heavy (non-hydrogen) atoms. The number of nitrogens with two attached hydrogens (primary N) is 1. The number of rotatable bonds is 4. The van der Waals surface area contributed by atoms with Crippen molar-refractivity contribution >= 4 is 17.7 Å². The van der Waals surface area contributed by atoms with E-state index in [1.807, 2.05) is 0 Å². The number of carbonyl (C=O) groups is 3. The average Bonchev–Trinajstić information content (AvgIpc) is 3.00. The van der Waals surface area contributed by atoms with Gasteiger partial charge in [-0.3, -0.25) is 19.8 Å². The lowest BCUT2D eigenvalue weighted by molar-refractivity contribution is -0.139. The number of amides is 3. The zero-order chi connectivity index (χ0) is 11.3. The highest BCUT2D eigenvalue weighted by Crippen LogP contribution is 2.18. The Hall–Kier alpha value is -1.63. The molecule has 0 aliphatic heterocycles. The van der Waals surface area contributed by atoms with Crippen molar-refractivity contribution in [3.05, 3.63) is 0 Å². The highest BCUT2D eigenvalue weighted by molar-refractivity contribution is 6.34. The summed E-state index contributed by atoms with van der Waals surface area (Å²) in [5.41, 5.74) is 1.69. The minimum atomic E-state index is -0.919. The molecule has 0 spiro atoms. The maximum absolute atomic E-state index is 11.1. The van der Waals surface area contributed by atoms with E-state index < -0.39 is 11.8 Å². The van der Waals surface area contributed by atoms with Gasteiger partial charge in [-0.15, -0.1) is 0 Å². The smallest absolute Gasteiger partial charge is 0.323 e. The second-order valence-corrected chi connectivity index (χ2v) is 3.32. The molecule has 7 heteroatoms. The number of nitrogens with one attached hydrogen (secondary N) is 3. The molecule has 1 rings (SSSR count). The fourth-order valence-electron chi connectivity index (χ4n) is 0.963. The molecule has 0 heterocycles. The molecule has 0 radical (unpaired) electrons. The normalized spacial score (nSPS) is 14.2. The van der Waals surface area contributed by atoms with Gasteiger partial charge in [0.25, 0.3) is 0 Å². The van der Waals surface area contributed by atoms with Gasteiger partial charge in [0.1, 0.15) is 0 Å². The molecule has 5 N–H and O–H groups in total. The van der Waals surface area contributed by atoms with Gasteiger partial charge in [0.2, 0.25) is 5.91 Å². The Morgan fingerprint density at radius 2 is 1.87 bits per heavy atom. The van der Waals surface area contributed by atoms with Gasteiger partial charge < -0.3 is 10.6 Å². The van der Waals surface area contributed by atoms with Crippen LogP contribution in [-0.4, -0.2) is 30.3 Å². The topological polar surface area (TPSA) is 113 Å². The monoisotopic (exact) mass is 214 g/mol. The van der Waals surface area contributed by atoms with Gasteiger partial charge in [-0.05, 0) is 12.8 Å². The van der Waals surface area contributed by atoms with Crippen molar-refractivity contribution in [2.75, 3.05) is 6.54 Å². The molecule has 0 aromatic heterocycles. The van der Waals surface area contributed by atoms with E-state index in [1.165, 1.54) is 0 Å². The fourth-order valence-corrected chi connectivity index (χ4v) is 0.963. The van der Waals surface area contributed by atoms with Gasteiger partial charge in [0.05, 0.1) is 0 Å². The predicted octanol–water partition coefficient (Wildman–Crippen LogP) is -2.24. The highest BCUT2D eigenvalue weighted by Gasteiger charge is 2.22. The molecule has 0 aromatic carbocycles. The summed E-state index contributed by atoms with van der Waals surface area (Å²) in [4.78, 5) is 32.6. The van der Waals surface area contributed by atoms with Gasteiger partial charge in [-0.25, -0.2) is 5.84 Å². The summed E-state index contributed by atoms with van der Waals surface area (Å²) in [6, 6.07) is 0.306. The molecule has 0 unspecified atom stereocenters. The molecule has 1 fully saturated rings. The molecule has 1 aliphatic carbocycles. The van der Waals surface area contributed by atoms with E-state index in [1.54, 1.807) is 5.43 Å². The molecule has 0 bridgehead atoms. The van der Waals surface area contributed by atoms with E-state index in [9.17, 15) is 14.4 Å². The molecule has 7 nitrogen and oxygen atoms in total. The summed E-state index contributed by atoms with van der Waals surface area (Å²) in [5.74, 6) is 2.86. The van der Waals surface area contributed by atoms with Crippen LogP contribution in [0.3, 0.4) is 0 Å². The third-order valence-electron chi connectivity index (χ3n) is 1.92. The minimum Gasteiger partial charge on any atom is -0.353 e. The van der Waals surface area contributed by atoms with Crippen LogP contribution < -0.4 is 21.9 Å². The average molecular weight is 214 g/mol. The van der Waals surface area contributed by atoms with Crippen LogP contribution in [0.2, 0.25) is 0 Å². The molecular formula is C8H14N4O3. The fraction of sp³-hybridized carbons (Fsp3) is 0.625. The largest absolute Gasteiger partial charge is 0.353 e. The quantitative estimate of drug-likeness (QED) is 0.183. The van der Waals surface area contributed by atoms with Crippen molar-refractivity contribution in [2.24, 2.45) is 5.84 Å². The third-order valence-corrected chi connectivity index (χ3v) is 1.92. The maximum atomic E-state index is 11.1. The second-order valence-electron chi connectivity index (χ2n) is 3.32. The zero-order valence-corrected chi connectivity index (χ0v) is 8.21. The van der Waals surface area contributed by atoms with E-state index >= 15 is 0 Å². The summed E-state index contributed by atoms with van der Waals surface area (Å²) in [6.07, 6.45) is 2.21. The highest BCUT2D eigenvalue weighted by atomic mass is 16.2. The van der Waals surface area contributed by atoms with Crippen molar-refractivity contribution in [3.8, 4) is 0 Å². The van der Waals surface area contributed by atoms with Crippen LogP contribution in [0, 0.1) is 0 Å². The van der Waals surface area contributed by atoms with Crippen LogP contribution in [-0.2, 0) is 14.4 Å². The molecule has 0 saturated heterocycles. The standard InChI is InChI=1S/C8H14N4O3/c9-12-8(15)7(14)10-4-3-6(13)11-5-1-2-5/h5H,1-4,9H2,(H,10,14)(H,11,13)(H,12,15). The van der Waals surface area contributed by atoms with Crippen LogP contribution in [0.5, 0.6) is 0 Å². The first-order valence-electron chi connectivity index (χ1n) is 4.71. The predicted molar refractivity (Wildman–Crippen MR) is 51.1 cm³/mol. The van der Waals surface area contributed by atoms with Crippen molar-refractivity contribution in [1.82, 2.24) is 16.1 Å². The Kier molecular flexibility index (Phi) is 4.04. The van der Waals surface area contributed by atoms with Crippen LogP contribution in [0.25, 0.3) is 0 Å². The van der Waals surface area contributed by atoms with Gasteiger partial charge in [-0.1, -0.05) is 0 Å². The Morgan fingerprint density at radius 3 is 2.40 bits per heavy atom. The van der Waals surface area contributed by atoms with Crippen LogP contribution in [0.4, 0.5) is 0 Å². The lowest BCUT2D eigenvalue weighted by atomic mass is 10.4. The van der Waals surface area contributed by atoms with Crippen molar-refractivity contribution in [3.63, 3.8) is 0 Å². The molecule has 0 aromatic rings. The van der Waals surface area contributed by atoms with Gasteiger partial charge in [0, 0.05) is 19.0 Å². The first-order valence-corrected chi connectivity index (χ1v) is 4.71. The van der Waals surface area contributed by atoms with E-state index in [4.69, 9.17) is 5.84 Å². The van der Waals surface area contributed by atoms with Crippen LogP contribution in [0.15, 0.2) is 0 Å². The van der Waals surface area contributed by atoms with Crippen LogP contribution >= 0.6 is 0 Å². The Morgan fingerprint density at radius 1 is 1.20 bits per heavy atom. The third kappa shape index (κ3) is 4.41. The lowest BCUT2D eigenvalue weighted by Gasteiger charge is -2.04. The Balaban J connectivity index is 2.06. The van der Waals surface area contributed by atoms with E-state index in [-0.39, 0.29) is 18.9 Å². The number of hydrogen-bond donors (Lipinski definition) is 4. The number of hydrazine groups is 1.